The number of amides is 1. The van der Waals surface area contributed by atoms with Gasteiger partial charge in [-0.25, -0.2) is 13.2 Å². The van der Waals surface area contributed by atoms with Gasteiger partial charge in [0.15, 0.2) is 17.5 Å². The summed E-state index contributed by atoms with van der Waals surface area (Å²) in [6, 6.07) is 10.1. The lowest BCUT2D eigenvalue weighted by Gasteiger charge is -2.11. The van der Waals surface area contributed by atoms with Crippen molar-refractivity contribution in [2.24, 2.45) is 0 Å². The van der Waals surface area contributed by atoms with Crippen LogP contribution in [-0.2, 0) is 0 Å². The number of aromatic nitrogens is 1. The number of anilines is 3. The number of nitrogens with zero attached hydrogens (tertiary/aromatic N) is 1. The van der Waals surface area contributed by atoms with Crippen molar-refractivity contribution >= 4 is 23.0 Å². The molecule has 0 saturated carbocycles. The Morgan fingerprint density at radius 2 is 1.78 bits per heavy atom. The Labute approximate surface area is 152 Å². The molecule has 2 aromatic carbocycles. The van der Waals surface area contributed by atoms with Crippen molar-refractivity contribution in [3.8, 4) is 5.75 Å². The van der Waals surface area contributed by atoms with E-state index < -0.39 is 23.4 Å². The summed E-state index contributed by atoms with van der Waals surface area (Å²) in [4.78, 5) is 16.3. The number of benzene rings is 2. The zero-order valence-corrected chi connectivity index (χ0v) is 14.1. The molecule has 8 heteroatoms. The molecule has 0 atom stereocenters. The van der Waals surface area contributed by atoms with Gasteiger partial charge in [0.25, 0.3) is 5.91 Å². The zero-order chi connectivity index (χ0) is 19.4. The normalized spacial score (nSPS) is 10.4. The van der Waals surface area contributed by atoms with E-state index in [1.54, 1.807) is 24.3 Å². The van der Waals surface area contributed by atoms with Gasteiger partial charge >= 0.3 is 0 Å². The lowest BCUT2D eigenvalue weighted by atomic mass is 10.2. The van der Waals surface area contributed by atoms with Crippen molar-refractivity contribution in [1.82, 2.24) is 4.98 Å². The Bertz CT molecular complexity index is 996. The van der Waals surface area contributed by atoms with E-state index in [1.165, 1.54) is 25.6 Å². The molecular weight excluding hydrogens is 359 g/mol. The van der Waals surface area contributed by atoms with Gasteiger partial charge in [0.2, 0.25) is 0 Å². The average Bonchev–Trinajstić information content (AvgIpc) is 2.69. The van der Waals surface area contributed by atoms with Crippen molar-refractivity contribution in [2.75, 3.05) is 17.7 Å². The molecule has 1 heterocycles. The highest BCUT2D eigenvalue weighted by molar-refractivity contribution is 6.05. The molecule has 138 valence electrons. The number of para-hydroxylation sites is 2. The topological polar surface area (TPSA) is 63.2 Å². The van der Waals surface area contributed by atoms with E-state index in [1.807, 2.05) is 0 Å². The van der Waals surface area contributed by atoms with E-state index in [4.69, 9.17) is 4.74 Å². The molecule has 0 aliphatic heterocycles. The van der Waals surface area contributed by atoms with Gasteiger partial charge < -0.3 is 15.4 Å². The number of hydrogen-bond donors (Lipinski definition) is 2. The van der Waals surface area contributed by atoms with Crippen LogP contribution in [0.1, 0.15) is 10.4 Å². The van der Waals surface area contributed by atoms with Gasteiger partial charge in [-0.05, 0) is 30.3 Å². The van der Waals surface area contributed by atoms with E-state index in [9.17, 15) is 18.0 Å². The summed E-state index contributed by atoms with van der Waals surface area (Å²) in [5.41, 5.74) is 0.592. The minimum atomic E-state index is -1.59. The van der Waals surface area contributed by atoms with E-state index in [0.717, 1.165) is 12.1 Å². The van der Waals surface area contributed by atoms with Crippen LogP contribution in [0.3, 0.4) is 0 Å². The van der Waals surface area contributed by atoms with Crippen LogP contribution in [0.4, 0.5) is 30.2 Å². The van der Waals surface area contributed by atoms with Crippen LogP contribution in [0.5, 0.6) is 5.75 Å². The fourth-order valence-corrected chi connectivity index (χ4v) is 2.35. The molecule has 27 heavy (non-hydrogen) atoms. The Hall–Kier alpha value is -3.55. The van der Waals surface area contributed by atoms with Crippen molar-refractivity contribution in [3.05, 3.63) is 77.9 Å². The highest BCUT2D eigenvalue weighted by atomic mass is 19.2. The zero-order valence-electron chi connectivity index (χ0n) is 14.1. The van der Waals surface area contributed by atoms with E-state index in [-0.39, 0.29) is 16.9 Å². The van der Waals surface area contributed by atoms with E-state index in [2.05, 4.69) is 15.6 Å². The number of pyridine rings is 1. The van der Waals surface area contributed by atoms with E-state index >= 15 is 0 Å². The summed E-state index contributed by atoms with van der Waals surface area (Å²) in [5, 5.41) is 5.25. The average molecular weight is 373 g/mol. The number of methoxy groups -OCH3 is 1. The predicted octanol–water partition coefficient (Wildman–Crippen LogP) is 4.50. The van der Waals surface area contributed by atoms with Crippen molar-refractivity contribution in [2.45, 2.75) is 0 Å². The fourth-order valence-electron chi connectivity index (χ4n) is 2.35. The van der Waals surface area contributed by atoms with Gasteiger partial charge in [-0.1, -0.05) is 12.1 Å². The van der Waals surface area contributed by atoms with Gasteiger partial charge in [0.05, 0.1) is 35.9 Å². The Morgan fingerprint density at radius 3 is 2.56 bits per heavy atom. The maximum Gasteiger partial charge on any atom is 0.257 e. The van der Waals surface area contributed by atoms with Crippen molar-refractivity contribution in [3.63, 3.8) is 0 Å². The lowest BCUT2D eigenvalue weighted by molar-refractivity contribution is 0.102. The smallest absolute Gasteiger partial charge is 0.257 e. The van der Waals surface area contributed by atoms with Crippen LogP contribution in [0.25, 0.3) is 0 Å². The highest BCUT2D eigenvalue weighted by Crippen LogP contribution is 2.25. The largest absolute Gasteiger partial charge is 0.495 e. The Morgan fingerprint density at radius 1 is 1.00 bits per heavy atom. The molecule has 5 nitrogen and oxygen atoms in total. The number of hydrogen-bond acceptors (Lipinski definition) is 4. The Kier molecular flexibility index (Phi) is 5.25. The summed E-state index contributed by atoms with van der Waals surface area (Å²) in [6.07, 6.45) is 2.64. The quantitative estimate of drug-likeness (QED) is 0.647. The van der Waals surface area contributed by atoms with Gasteiger partial charge in [0.1, 0.15) is 5.75 Å². The molecular formula is C19H14F3N3O2. The minimum absolute atomic E-state index is 0.175. The molecule has 0 unspecified atom stereocenters. The van der Waals surface area contributed by atoms with Crippen LogP contribution >= 0.6 is 0 Å². The first-order valence-electron chi connectivity index (χ1n) is 7.79. The van der Waals surface area contributed by atoms with E-state index in [0.29, 0.717) is 11.4 Å². The molecule has 0 saturated heterocycles. The molecule has 1 aromatic heterocycles. The predicted molar refractivity (Wildman–Crippen MR) is 94.8 cm³/mol. The first-order chi connectivity index (χ1) is 13.0. The summed E-state index contributed by atoms with van der Waals surface area (Å²) in [6.45, 7) is 0. The molecule has 3 rings (SSSR count). The van der Waals surface area contributed by atoms with Crippen molar-refractivity contribution < 1.29 is 22.7 Å². The second kappa shape index (κ2) is 7.77. The molecule has 0 spiro atoms. The summed E-state index contributed by atoms with van der Waals surface area (Å²) >= 11 is 0. The number of carbonyl (C=O) groups is 1. The Balaban J connectivity index is 1.81. The fraction of sp³-hybridized carbons (Fsp3) is 0.0526. The molecule has 3 aromatic rings. The summed E-state index contributed by atoms with van der Waals surface area (Å²) in [5.74, 6) is -4.23. The van der Waals surface area contributed by atoms with Crippen LogP contribution in [0, 0.1) is 17.5 Å². The van der Waals surface area contributed by atoms with Gasteiger partial charge in [-0.3, -0.25) is 9.78 Å². The van der Waals surface area contributed by atoms with Crippen LogP contribution in [0.15, 0.2) is 54.9 Å². The molecule has 0 aliphatic carbocycles. The number of halogens is 3. The number of nitrogens with one attached hydrogen (secondary N) is 2. The molecule has 0 fully saturated rings. The van der Waals surface area contributed by atoms with Gasteiger partial charge in [0, 0.05) is 6.20 Å². The maximum absolute atomic E-state index is 13.8. The SMILES string of the molecule is COc1ccccc1NC(=O)c1cncc(Nc2ccc(F)c(F)c2F)c1. The third kappa shape index (κ3) is 4.00. The number of rotatable bonds is 5. The maximum atomic E-state index is 13.8. The molecule has 0 aliphatic rings. The second-order valence-corrected chi connectivity index (χ2v) is 5.46. The third-order valence-electron chi connectivity index (χ3n) is 3.67. The first-order valence-corrected chi connectivity index (χ1v) is 7.79. The lowest BCUT2D eigenvalue weighted by Crippen LogP contribution is -2.13. The monoisotopic (exact) mass is 373 g/mol. The summed E-state index contributed by atoms with van der Waals surface area (Å²) < 4.78 is 45.3. The highest BCUT2D eigenvalue weighted by Gasteiger charge is 2.15. The third-order valence-corrected chi connectivity index (χ3v) is 3.67. The molecule has 2 N–H and O–H groups in total. The first kappa shape index (κ1) is 18.2. The minimum Gasteiger partial charge on any atom is -0.495 e. The van der Waals surface area contributed by atoms with Crippen molar-refractivity contribution in [1.29, 1.82) is 0 Å². The molecule has 0 bridgehead atoms. The van der Waals surface area contributed by atoms with Crippen LogP contribution in [-0.4, -0.2) is 18.0 Å². The number of carbonyl (C=O) groups excluding carboxylic acids is 1. The van der Waals surface area contributed by atoms with Crippen LogP contribution < -0.4 is 15.4 Å². The second-order valence-electron chi connectivity index (χ2n) is 5.46. The molecule has 1 amide bonds. The number of ether oxygens (including phenoxy) is 1. The van der Waals surface area contributed by atoms with Gasteiger partial charge in [-0.2, -0.15) is 0 Å². The molecule has 0 radical (unpaired) electrons. The standard InChI is InChI=1S/C19H14F3N3O2/c1-27-16-5-3-2-4-14(16)25-19(26)11-8-12(10-23-9-11)24-15-7-6-13(20)17(21)18(15)22/h2-10,24H,1H3,(H,25,26). The van der Waals surface area contributed by atoms with Gasteiger partial charge in [-0.15, -0.1) is 0 Å². The van der Waals surface area contributed by atoms with Crippen LogP contribution in [0.2, 0.25) is 0 Å². The summed E-state index contributed by atoms with van der Waals surface area (Å²) in [7, 11) is 1.48.